The van der Waals surface area contributed by atoms with E-state index in [0.29, 0.717) is 6.42 Å². The van der Waals surface area contributed by atoms with Crippen molar-refractivity contribution in [3.8, 4) is 6.07 Å². The van der Waals surface area contributed by atoms with Gasteiger partial charge in [0.15, 0.2) is 0 Å². The highest BCUT2D eigenvalue weighted by atomic mass is 15.2. The fourth-order valence-electron chi connectivity index (χ4n) is 2.07. The third-order valence-corrected chi connectivity index (χ3v) is 2.94. The van der Waals surface area contributed by atoms with E-state index in [1.807, 2.05) is 0 Å². The Kier molecular flexibility index (Phi) is 5.58. The van der Waals surface area contributed by atoms with Crippen LogP contribution in [0.2, 0.25) is 0 Å². The molecule has 0 aromatic rings. The first-order valence-corrected chi connectivity index (χ1v) is 5.70. The van der Waals surface area contributed by atoms with Gasteiger partial charge in [-0.3, -0.25) is 4.90 Å². The topological polar surface area (TPSA) is 39.1 Å². The highest BCUT2D eigenvalue weighted by Crippen LogP contribution is 2.09. The molecule has 1 aliphatic heterocycles. The molecule has 0 saturated carbocycles. The number of likely N-dealkylation sites (N-methyl/N-ethyl adjacent to an activating group) is 1. The van der Waals surface area contributed by atoms with Crippen LogP contribution in [0.5, 0.6) is 0 Å². The molecule has 0 radical (unpaired) electrons. The summed E-state index contributed by atoms with van der Waals surface area (Å²) < 4.78 is 0. The molecule has 0 spiro atoms. The minimum Gasteiger partial charge on any atom is -0.315 e. The molecular weight excluding hydrogens is 174 g/mol. The summed E-state index contributed by atoms with van der Waals surface area (Å²) in [5, 5.41) is 11.8. The van der Waals surface area contributed by atoms with Crippen molar-refractivity contribution in [3.63, 3.8) is 0 Å². The summed E-state index contributed by atoms with van der Waals surface area (Å²) in [5.74, 6) is 0. The van der Waals surface area contributed by atoms with Crippen molar-refractivity contribution >= 4 is 0 Å². The number of rotatable bonds is 6. The molecule has 3 nitrogen and oxygen atoms in total. The number of nitrogens with one attached hydrogen (secondary N) is 1. The summed E-state index contributed by atoms with van der Waals surface area (Å²) in [6.45, 7) is 6.83. The van der Waals surface area contributed by atoms with Gasteiger partial charge in [0.1, 0.15) is 0 Å². The van der Waals surface area contributed by atoms with Crippen LogP contribution >= 0.6 is 0 Å². The van der Waals surface area contributed by atoms with Gasteiger partial charge in [-0.05, 0) is 38.9 Å². The lowest BCUT2D eigenvalue weighted by Gasteiger charge is -2.26. The Bertz CT molecular complexity index is 179. The average molecular weight is 195 g/mol. The highest BCUT2D eigenvalue weighted by Gasteiger charge is 2.19. The molecule has 1 N–H and O–H groups in total. The number of hydrogen-bond donors (Lipinski definition) is 1. The minimum absolute atomic E-state index is 0.709. The van der Waals surface area contributed by atoms with Crippen LogP contribution in [0.15, 0.2) is 0 Å². The minimum atomic E-state index is 0.709. The highest BCUT2D eigenvalue weighted by molar-refractivity contribution is 4.80. The zero-order valence-electron chi connectivity index (χ0n) is 9.13. The summed E-state index contributed by atoms with van der Waals surface area (Å²) in [5.41, 5.74) is 0. The van der Waals surface area contributed by atoms with E-state index in [9.17, 15) is 0 Å². The van der Waals surface area contributed by atoms with Gasteiger partial charge in [-0.15, -0.1) is 0 Å². The summed E-state index contributed by atoms with van der Waals surface area (Å²) in [4.78, 5) is 2.54. The third-order valence-electron chi connectivity index (χ3n) is 2.94. The van der Waals surface area contributed by atoms with E-state index in [4.69, 9.17) is 5.26 Å². The Morgan fingerprint density at radius 1 is 1.50 bits per heavy atom. The fraction of sp³-hybridized carbons (Fsp3) is 0.909. The summed E-state index contributed by atoms with van der Waals surface area (Å²) in [6, 6.07) is 2.94. The van der Waals surface area contributed by atoms with Gasteiger partial charge in [0.25, 0.3) is 0 Å². The van der Waals surface area contributed by atoms with Crippen LogP contribution in [-0.4, -0.2) is 37.1 Å². The molecule has 1 atom stereocenters. The molecule has 0 aromatic heterocycles. The first kappa shape index (κ1) is 11.5. The SMILES string of the molecule is CCN(CCCCC#N)C1CCNC1. The van der Waals surface area contributed by atoms with Crippen molar-refractivity contribution in [2.75, 3.05) is 26.2 Å². The van der Waals surface area contributed by atoms with Crippen molar-refractivity contribution < 1.29 is 0 Å². The predicted octanol–water partition coefficient (Wildman–Crippen LogP) is 1.36. The number of nitrogens with zero attached hydrogens (tertiary/aromatic N) is 2. The van der Waals surface area contributed by atoms with Crippen molar-refractivity contribution in [1.29, 1.82) is 5.26 Å². The first-order valence-electron chi connectivity index (χ1n) is 5.70. The van der Waals surface area contributed by atoms with Gasteiger partial charge in [-0.25, -0.2) is 0 Å². The average Bonchev–Trinajstić information content (AvgIpc) is 2.71. The Morgan fingerprint density at radius 2 is 2.36 bits per heavy atom. The Labute approximate surface area is 87.1 Å². The quantitative estimate of drug-likeness (QED) is 0.650. The van der Waals surface area contributed by atoms with E-state index in [2.05, 4.69) is 23.2 Å². The maximum Gasteiger partial charge on any atom is 0.0621 e. The van der Waals surface area contributed by atoms with Crippen molar-refractivity contribution in [2.45, 2.75) is 38.6 Å². The lowest BCUT2D eigenvalue weighted by atomic mass is 10.2. The molecule has 0 bridgehead atoms. The van der Waals surface area contributed by atoms with Crippen LogP contribution in [0.3, 0.4) is 0 Å². The lowest BCUT2D eigenvalue weighted by Crippen LogP contribution is -2.37. The summed E-state index contributed by atoms with van der Waals surface area (Å²) in [7, 11) is 0. The van der Waals surface area contributed by atoms with Crippen molar-refractivity contribution in [2.24, 2.45) is 0 Å². The normalized spacial score (nSPS) is 21.4. The largest absolute Gasteiger partial charge is 0.315 e. The van der Waals surface area contributed by atoms with Gasteiger partial charge in [0.2, 0.25) is 0 Å². The third kappa shape index (κ3) is 3.65. The van der Waals surface area contributed by atoms with E-state index in [0.717, 1.165) is 38.5 Å². The first-order chi connectivity index (χ1) is 6.88. The molecule has 1 rings (SSSR count). The predicted molar refractivity (Wildman–Crippen MR) is 58.0 cm³/mol. The smallest absolute Gasteiger partial charge is 0.0621 e. The fourth-order valence-corrected chi connectivity index (χ4v) is 2.07. The second-order valence-corrected chi connectivity index (χ2v) is 3.89. The zero-order valence-corrected chi connectivity index (χ0v) is 9.13. The molecule has 14 heavy (non-hydrogen) atoms. The standard InChI is InChI=1S/C11H21N3/c1-2-14(9-5-3-4-7-12)11-6-8-13-10-11/h11,13H,2-6,8-10H2,1H3. The van der Waals surface area contributed by atoms with Gasteiger partial charge < -0.3 is 5.32 Å². The maximum atomic E-state index is 8.43. The number of hydrogen-bond acceptors (Lipinski definition) is 3. The van der Waals surface area contributed by atoms with Gasteiger partial charge >= 0.3 is 0 Å². The van der Waals surface area contributed by atoms with E-state index in [1.165, 1.54) is 13.0 Å². The van der Waals surface area contributed by atoms with Crippen LogP contribution in [-0.2, 0) is 0 Å². The van der Waals surface area contributed by atoms with Crippen molar-refractivity contribution in [1.82, 2.24) is 10.2 Å². The molecule has 1 saturated heterocycles. The second kappa shape index (κ2) is 6.80. The molecule has 0 aromatic carbocycles. The van der Waals surface area contributed by atoms with Crippen LogP contribution < -0.4 is 5.32 Å². The van der Waals surface area contributed by atoms with Crippen LogP contribution in [0.4, 0.5) is 0 Å². The Morgan fingerprint density at radius 3 is 2.93 bits per heavy atom. The molecule has 0 amide bonds. The Hall–Kier alpha value is -0.590. The number of nitriles is 1. The van der Waals surface area contributed by atoms with Gasteiger partial charge in [0, 0.05) is 19.0 Å². The second-order valence-electron chi connectivity index (χ2n) is 3.89. The Balaban J connectivity index is 2.14. The van der Waals surface area contributed by atoms with Crippen LogP contribution in [0.25, 0.3) is 0 Å². The van der Waals surface area contributed by atoms with Crippen LogP contribution in [0.1, 0.15) is 32.6 Å². The monoisotopic (exact) mass is 195 g/mol. The van der Waals surface area contributed by atoms with Crippen molar-refractivity contribution in [3.05, 3.63) is 0 Å². The van der Waals surface area contributed by atoms with Gasteiger partial charge in [0.05, 0.1) is 6.07 Å². The summed E-state index contributed by atoms with van der Waals surface area (Å²) >= 11 is 0. The molecular formula is C11H21N3. The summed E-state index contributed by atoms with van der Waals surface area (Å²) in [6.07, 6.45) is 4.21. The van der Waals surface area contributed by atoms with Gasteiger partial charge in [-0.2, -0.15) is 5.26 Å². The molecule has 1 unspecified atom stereocenters. The van der Waals surface area contributed by atoms with E-state index in [1.54, 1.807) is 0 Å². The van der Waals surface area contributed by atoms with E-state index < -0.39 is 0 Å². The molecule has 3 heteroatoms. The molecule has 1 fully saturated rings. The maximum absolute atomic E-state index is 8.43. The molecule has 80 valence electrons. The van der Waals surface area contributed by atoms with Crippen LogP contribution in [0, 0.1) is 11.3 Å². The molecule has 0 aliphatic carbocycles. The number of unbranched alkanes of at least 4 members (excludes halogenated alkanes) is 2. The zero-order chi connectivity index (χ0) is 10.2. The van der Waals surface area contributed by atoms with Gasteiger partial charge in [-0.1, -0.05) is 6.92 Å². The van der Waals surface area contributed by atoms with E-state index in [-0.39, 0.29) is 0 Å². The lowest BCUT2D eigenvalue weighted by molar-refractivity contribution is 0.215. The van der Waals surface area contributed by atoms with E-state index >= 15 is 0 Å². The molecule has 1 heterocycles. The molecule has 1 aliphatic rings.